The number of hydrogen-bond acceptors (Lipinski definition) is 5. The summed E-state index contributed by atoms with van der Waals surface area (Å²) in [6.45, 7) is 1.69. The van der Waals surface area contributed by atoms with Crippen molar-refractivity contribution in [3.8, 4) is 23.3 Å². The number of nitrogens with zero attached hydrogens (tertiary/aromatic N) is 2. The van der Waals surface area contributed by atoms with Gasteiger partial charge in [0.2, 0.25) is 5.88 Å². The maximum Gasteiger partial charge on any atom is 0.336 e. The van der Waals surface area contributed by atoms with Crippen LogP contribution in [-0.4, -0.2) is 30.7 Å². The minimum absolute atomic E-state index is 0.0238. The number of imidazole rings is 1. The van der Waals surface area contributed by atoms with Crippen LogP contribution >= 0.6 is 0 Å². The van der Waals surface area contributed by atoms with E-state index in [4.69, 9.17) is 4.74 Å². The van der Waals surface area contributed by atoms with Gasteiger partial charge in [-0.25, -0.2) is 9.36 Å². The first kappa shape index (κ1) is 17.3. The van der Waals surface area contributed by atoms with Gasteiger partial charge in [-0.05, 0) is 36.8 Å². The fourth-order valence-corrected chi connectivity index (χ4v) is 2.92. The van der Waals surface area contributed by atoms with Crippen LogP contribution in [0, 0.1) is 6.92 Å². The number of fused-ring (bicyclic) bond motifs is 1. The van der Waals surface area contributed by atoms with Crippen molar-refractivity contribution in [2.24, 2.45) is 0 Å². The number of aryl methyl sites for hydroxylation is 1. The molecule has 0 bridgehead atoms. The Hall–Kier alpha value is -4.07. The minimum atomic E-state index is -1.06. The molecule has 0 spiro atoms. The average molecular weight is 377 g/mol. The smallest absolute Gasteiger partial charge is 0.336 e. The first-order valence-electron chi connectivity index (χ1n) is 8.36. The molecule has 4 aromatic rings. The second-order valence-corrected chi connectivity index (χ2v) is 6.17. The molecule has 140 valence electrons. The molecule has 2 aromatic carbocycles. The molecule has 0 saturated heterocycles. The van der Waals surface area contributed by atoms with Crippen molar-refractivity contribution >= 4 is 17.0 Å². The summed E-state index contributed by atoms with van der Waals surface area (Å²) in [5.74, 6) is -1.13. The number of para-hydroxylation sites is 1. The molecule has 28 heavy (non-hydrogen) atoms. The molecule has 0 aliphatic heterocycles. The fraction of sp³-hybridized carbons (Fsp3) is 0.0500. The highest BCUT2D eigenvalue weighted by atomic mass is 16.5. The highest BCUT2D eigenvalue weighted by Crippen LogP contribution is 2.28. The Labute approximate surface area is 158 Å². The molecule has 0 fully saturated rings. The number of hydrogen-bond donors (Lipinski definition) is 3. The molecule has 8 heteroatoms. The lowest BCUT2D eigenvalue weighted by Crippen LogP contribution is -2.17. The summed E-state index contributed by atoms with van der Waals surface area (Å²) in [6.07, 6.45) is 0. The van der Waals surface area contributed by atoms with Gasteiger partial charge >= 0.3 is 5.97 Å². The van der Waals surface area contributed by atoms with Crippen LogP contribution in [0.5, 0.6) is 17.6 Å². The summed E-state index contributed by atoms with van der Waals surface area (Å²) < 4.78 is 6.74. The molecule has 0 amide bonds. The van der Waals surface area contributed by atoms with E-state index in [1.807, 2.05) is 0 Å². The van der Waals surface area contributed by atoms with E-state index in [2.05, 4.69) is 9.97 Å². The van der Waals surface area contributed by atoms with E-state index in [0.717, 1.165) is 4.57 Å². The molecule has 0 radical (unpaired) electrons. The maximum absolute atomic E-state index is 12.4. The van der Waals surface area contributed by atoms with Crippen LogP contribution in [0.2, 0.25) is 0 Å². The Balaban J connectivity index is 1.77. The molecule has 0 aliphatic carbocycles. The SMILES string of the molecule is Cc1ccc(Oc2nc3c(O)n(-c4ccccc4)c(=O)cc3[nH]2)cc1C(=O)O. The summed E-state index contributed by atoms with van der Waals surface area (Å²) in [7, 11) is 0. The van der Waals surface area contributed by atoms with Crippen molar-refractivity contribution in [3.05, 3.63) is 76.1 Å². The van der Waals surface area contributed by atoms with Crippen LogP contribution in [-0.2, 0) is 0 Å². The third-order valence-electron chi connectivity index (χ3n) is 4.29. The Bertz CT molecular complexity index is 1260. The van der Waals surface area contributed by atoms with E-state index in [1.54, 1.807) is 49.4 Å². The van der Waals surface area contributed by atoms with Gasteiger partial charge in [0.25, 0.3) is 11.6 Å². The number of carbonyl (C=O) groups is 1. The molecule has 2 heterocycles. The summed E-state index contributed by atoms with van der Waals surface area (Å²) in [4.78, 5) is 30.7. The van der Waals surface area contributed by atoms with Gasteiger partial charge in [-0.1, -0.05) is 24.3 Å². The average Bonchev–Trinajstić information content (AvgIpc) is 3.06. The predicted octanol–water partition coefficient (Wildman–Crippen LogP) is 3.22. The first-order chi connectivity index (χ1) is 13.4. The number of carboxylic acids is 1. The molecule has 2 aromatic heterocycles. The maximum atomic E-state index is 12.4. The number of aromatic nitrogens is 3. The van der Waals surface area contributed by atoms with E-state index in [9.17, 15) is 19.8 Å². The number of aromatic carboxylic acids is 1. The first-order valence-corrected chi connectivity index (χ1v) is 8.36. The predicted molar refractivity (Wildman–Crippen MR) is 102 cm³/mol. The number of carboxylic acid groups (broad SMARTS) is 1. The van der Waals surface area contributed by atoms with Gasteiger partial charge in [0.05, 0.1) is 16.8 Å². The fourth-order valence-electron chi connectivity index (χ4n) is 2.92. The highest BCUT2D eigenvalue weighted by Gasteiger charge is 2.16. The van der Waals surface area contributed by atoms with Gasteiger partial charge in [-0.2, -0.15) is 4.98 Å². The van der Waals surface area contributed by atoms with Crippen molar-refractivity contribution in [1.82, 2.24) is 14.5 Å². The summed E-state index contributed by atoms with van der Waals surface area (Å²) in [6, 6.07) is 14.6. The van der Waals surface area contributed by atoms with Gasteiger partial charge < -0.3 is 19.9 Å². The second kappa shape index (κ2) is 6.58. The number of ether oxygens (including phenoxy) is 1. The standard InChI is InChI=1S/C20H15N3O5/c1-11-7-8-13(9-14(11)19(26)27)28-20-21-15-10-16(24)23(18(25)17(15)22-20)12-5-3-2-4-6-12/h2-10,25H,1H3,(H,21,22)(H,26,27). The lowest BCUT2D eigenvalue weighted by atomic mass is 10.1. The van der Waals surface area contributed by atoms with E-state index < -0.39 is 11.5 Å². The molecule has 0 saturated carbocycles. The van der Waals surface area contributed by atoms with Crippen LogP contribution < -0.4 is 10.3 Å². The molecular weight excluding hydrogens is 362 g/mol. The lowest BCUT2D eigenvalue weighted by molar-refractivity contribution is 0.0695. The van der Waals surface area contributed by atoms with Gasteiger partial charge in [-0.3, -0.25) is 4.79 Å². The monoisotopic (exact) mass is 377 g/mol. The van der Waals surface area contributed by atoms with Crippen LogP contribution in [0.25, 0.3) is 16.7 Å². The van der Waals surface area contributed by atoms with Gasteiger partial charge in [0, 0.05) is 6.07 Å². The Morgan fingerprint density at radius 2 is 1.89 bits per heavy atom. The Kier molecular flexibility index (Phi) is 4.08. The topological polar surface area (TPSA) is 117 Å². The summed E-state index contributed by atoms with van der Waals surface area (Å²) in [5.41, 5.74) is 1.23. The summed E-state index contributed by atoms with van der Waals surface area (Å²) >= 11 is 0. The van der Waals surface area contributed by atoms with Crippen molar-refractivity contribution in [2.75, 3.05) is 0 Å². The quantitative estimate of drug-likeness (QED) is 0.503. The summed E-state index contributed by atoms with van der Waals surface area (Å²) in [5, 5.41) is 19.8. The van der Waals surface area contributed by atoms with Crippen molar-refractivity contribution < 1.29 is 19.7 Å². The third-order valence-corrected chi connectivity index (χ3v) is 4.29. The van der Waals surface area contributed by atoms with Gasteiger partial charge in [-0.15, -0.1) is 0 Å². The highest BCUT2D eigenvalue weighted by molar-refractivity contribution is 5.89. The van der Waals surface area contributed by atoms with Crippen molar-refractivity contribution in [3.63, 3.8) is 0 Å². The Morgan fingerprint density at radius 1 is 1.14 bits per heavy atom. The van der Waals surface area contributed by atoms with E-state index in [0.29, 0.717) is 16.8 Å². The number of rotatable bonds is 4. The third kappa shape index (κ3) is 2.96. The zero-order valence-electron chi connectivity index (χ0n) is 14.7. The molecule has 8 nitrogen and oxygen atoms in total. The van der Waals surface area contributed by atoms with Crippen molar-refractivity contribution in [1.29, 1.82) is 0 Å². The number of nitrogens with one attached hydrogen (secondary N) is 1. The number of benzene rings is 2. The number of aromatic amines is 1. The molecule has 4 rings (SSSR count). The zero-order valence-corrected chi connectivity index (χ0v) is 14.7. The van der Waals surface area contributed by atoms with Gasteiger partial charge in [0.1, 0.15) is 5.75 Å². The van der Waals surface area contributed by atoms with E-state index in [1.165, 1.54) is 12.1 Å². The van der Waals surface area contributed by atoms with E-state index in [-0.39, 0.29) is 28.7 Å². The number of aromatic hydroxyl groups is 1. The molecule has 0 unspecified atom stereocenters. The van der Waals surface area contributed by atoms with Crippen LogP contribution in [0.4, 0.5) is 0 Å². The van der Waals surface area contributed by atoms with E-state index >= 15 is 0 Å². The molecular formula is C20H15N3O5. The largest absolute Gasteiger partial charge is 0.493 e. The molecule has 3 N–H and O–H groups in total. The lowest BCUT2D eigenvalue weighted by Gasteiger charge is -2.07. The second-order valence-electron chi connectivity index (χ2n) is 6.17. The Morgan fingerprint density at radius 3 is 2.61 bits per heavy atom. The normalized spacial score (nSPS) is 10.9. The number of pyridine rings is 1. The molecule has 0 aliphatic rings. The van der Waals surface area contributed by atoms with Crippen LogP contribution in [0.1, 0.15) is 15.9 Å². The van der Waals surface area contributed by atoms with Crippen molar-refractivity contribution in [2.45, 2.75) is 6.92 Å². The minimum Gasteiger partial charge on any atom is -0.493 e. The van der Waals surface area contributed by atoms with Crippen LogP contribution in [0.3, 0.4) is 0 Å². The van der Waals surface area contributed by atoms with Gasteiger partial charge in [0.15, 0.2) is 5.52 Å². The number of H-pyrrole nitrogens is 1. The van der Waals surface area contributed by atoms with Crippen LogP contribution in [0.15, 0.2) is 59.4 Å². The molecule has 0 atom stereocenters. The zero-order chi connectivity index (χ0) is 19.8.